The van der Waals surface area contributed by atoms with E-state index in [1.807, 2.05) is 25.8 Å². The van der Waals surface area contributed by atoms with E-state index in [-0.39, 0.29) is 5.60 Å². The Bertz CT molecular complexity index is 231. The Balaban J connectivity index is 2.41. The molecule has 1 aliphatic rings. The molecule has 4 nitrogen and oxygen atoms in total. The lowest BCUT2D eigenvalue weighted by Crippen LogP contribution is -2.50. The quantitative estimate of drug-likeness (QED) is 0.682. The molecule has 80 valence electrons. The summed E-state index contributed by atoms with van der Waals surface area (Å²) in [5.41, 5.74) is 5.03. The number of hydrogen-bond donors (Lipinski definition) is 1. The molecule has 1 fully saturated rings. The molecule has 0 amide bonds. The molecule has 1 aliphatic heterocycles. The van der Waals surface area contributed by atoms with Crippen molar-refractivity contribution in [2.75, 3.05) is 13.1 Å². The van der Waals surface area contributed by atoms with Gasteiger partial charge >= 0.3 is 0 Å². The van der Waals surface area contributed by atoms with Crippen LogP contribution >= 0.6 is 0 Å². The largest absolute Gasteiger partial charge is 0.313 e. The molecule has 0 aromatic heterocycles. The van der Waals surface area contributed by atoms with Crippen LogP contribution in [-0.2, 0) is 4.84 Å². The fraction of sp³-hybridized carbons (Fsp3) is 0.900. The Labute approximate surface area is 85.6 Å². The summed E-state index contributed by atoms with van der Waals surface area (Å²) in [5, 5.41) is 10.7. The normalized spacial score (nSPS) is 23.1. The molecule has 0 spiro atoms. The highest BCUT2D eigenvalue weighted by Crippen LogP contribution is 2.21. The number of hydrogen-bond acceptors (Lipinski definition) is 4. The van der Waals surface area contributed by atoms with Crippen LogP contribution in [0.3, 0.4) is 0 Å². The predicted molar refractivity (Wildman–Crippen MR) is 54.2 cm³/mol. The van der Waals surface area contributed by atoms with Gasteiger partial charge in [0.15, 0.2) is 0 Å². The highest BCUT2D eigenvalue weighted by molar-refractivity contribution is 5.06. The number of hydroxylamine groups is 2. The summed E-state index contributed by atoms with van der Waals surface area (Å²) < 4.78 is 0. The fourth-order valence-electron chi connectivity index (χ4n) is 1.48. The van der Waals surface area contributed by atoms with Crippen LogP contribution in [0, 0.1) is 11.3 Å². The van der Waals surface area contributed by atoms with Crippen molar-refractivity contribution in [1.82, 2.24) is 5.06 Å². The highest BCUT2D eigenvalue weighted by Gasteiger charge is 2.32. The lowest BCUT2D eigenvalue weighted by atomic mass is 9.91. The van der Waals surface area contributed by atoms with E-state index in [2.05, 4.69) is 6.07 Å². The third-order valence-electron chi connectivity index (χ3n) is 2.24. The molecule has 0 aliphatic carbocycles. The van der Waals surface area contributed by atoms with Gasteiger partial charge in [-0.05, 0) is 33.6 Å². The Morgan fingerprint density at radius 2 is 1.86 bits per heavy atom. The van der Waals surface area contributed by atoms with E-state index in [1.54, 1.807) is 0 Å². The van der Waals surface area contributed by atoms with Gasteiger partial charge in [-0.15, -0.1) is 0 Å². The summed E-state index contributed by atoms with van der Waals surface area (Å²) in [6.45, 7) is 7.52. The predicted octanol–water partition coefficient (Wildman–Crippen LogP) is 1.03. The molecule has 1 saturated heterocycles. The maximum absolute atomic E-state index is 8.83. The van der Waals surface area contributed by atoms with Gasteiger partial charge in [-0.2, -0.15) is 10.3 Å². The molecule has 1 heterocycles. The minimum atomic E-state index is -0.641. The second-order valence-corrected chi connectivity index (χ2v) is 4.90. The first-order valence-corrected chi connectivity index (χ1v) is 4.99. The second kappa shape index (κ2) is 3.85. The molecule has 1 rings (SSSR count). The van der Waals surface area contributed by atoms with Crippen LogP contribution in [0.15, 0.2) is 0 Å². The van der Waals surface area contributed by atoms with E-state index < -0.39 is 5.54 Å². The minimum Gasteiger partial charge on any atom is -0.313 e. The molecule has 0 aromatic rings. The van der Waals surface area contributed by atoms with Crippen LogP contribution in [0.1, 0.15) is 33.6 Å². The summed E-state index contributed by atoms with van der Waals surface area (Å²) in [7, 11) is 0. The molecule has 0 saturated carbocycles. The summed E-state index contributed by atoms with van der Waals surface area (Å²) in [5.74, 6) is 0. The van der Waals surface area contributed by atoms with Gasteiger partial charge in [0.25, 0.3) is 0 Å². The van der Waals surface area contributed by atoms with Crippen LogP contribution in [0.2, 0.25) is 0 Å². The van der Waals surface area contributed by atoms with Gasteiger partial charge in [-0.25, -0.2) is 0 Å². The monoisotopic (exact) mass is 197 g/mol. The standard InChI is InChI=1S/C10H19N3O/c1-9(2,3)14-13-6-4-10(12,8-11)5-7-13/h4-7,12H2,1-3H3. The number of rotatable bonds is 1. The van der Waals surface area contributed by atoms with E-state index in [4.69, 9.17) is 15.8 Å². The van der Waals surface area contributed by atoms with Gasteiger partial charge in [0.2, 0.25) is 0 Å². The van der Waals surface area contributed by atoms with Gasteiger partial charge in [0, 0.05) is 13.1 Å². The molecule has 4 heteroatoms. The maximum Gasteiger partial charge on any atom is 0.106 e. The highest BCUT2D eigenvalue weighted by atomic mass is 16.7. The van der Waals surface area contributed by atoms with Crippen molar-refractivity contribution in [2.45, 2.75) is 44.8 Å². The lowest BCUT2D eigenvalue weighted by molar-refractivity contribution is -0.238. The average Bonchev–Trinajstić information content (AvgIpc) is 2.07. The van der Waals surface area contributed by atoms with Crippen LogP contribution in [0.4, 0.5) is 0 Å². The number of nitrogens with zero attached hydrogens (tertiary/aromatic N) is 2. The minimum absolute atomic E-state index is 0.165. The van der Waals surface area contributed by atoms with Crippen LogP contribution < -0.4 is 5.73 Å². The summed E-state index contributed by atoms with van der Waals surface area (Å²) in [4.78, 5) is 5.68. The van der Waals surface area contributed by atoms with Crippen molar-refractivity contribution in [2.24, 2.45) is 5.73 Å². The van der Waals surface area contributed by atoms with Crippen LogP contribution in [-0.4, -0.2) is 29.3 Å². The number of nitrogens with two attached hydrogens (primary N) is 1. The molecule has 0 radical (unpaired) electrons. The molecule has 0 unspecified atom stereocenters. The van der Waals surface area contributed by atoms with E-state index >= 15 is 0 Å². The summed E-state index contributed by atoms with van der Waals surface area (Å²) in [6.07, 6.45) is 1.36. The molecular formula is C10H19N3O. The van der Waals surface area contributed by atoms with Crippen LogP contribution in [0.25, 0.3) is 0 Å². The topological polar surface area (TPSA) is 62.3 Å². The van der Waals surface area contributed by atoms with E-state index in [0.717, 1.165) is 13.1 Å². The summed E-state index contributed by atoms with van der Waals surface area (Å²) >= 11 is 0. The third kappa shape index (κ3) is 3.26. The van der Waals surface area contributed by atoms with Gasteiger partial charge < -0.3 is 5.73 Å². The van der Waals surface area contributed by atoms with Gasteiger partial charge in [-0.3, -0.25) is 4.84 Å². The van der Waals surface area contributed by atoms with Gasteiger partial charge in [0.05, 0.1) is 11.7 Å². The van der Waals surface area contributed by atoms with Crippen molar-refractivity contribution in [3.05, 3.63) is 0 Å². The second-order valence-electron chi connectivity index (χ2n) is 4.90. The Morgan fingerprint density at radius 1 is 1.36 bits per heavy atom. The van der Waals surface area contributed by atoms with Crippen LogP contribution in [0.5, 0.6) is 0 Å². The van der Waals surface area contributed by atoms with Crippen molar-refractivity contribution < 1.29 is 4.84 Å². The van der Waals surface area contributed by atoms with E-state index in [1.165, 1.54) is 0 Å². The zero-order chi connectivity index (χ0) is 10.8. The Kier molecular flexibility index (Phi) is 3.15. The van der Waals surface area contributed by atoms with Crippen molar-refractivity contribution in [3.63, 3.8) is 0 Å². The average molecular weight is 197 g/mol. The van der Waals surface area contributed by atoms with E-state index in [0.29, 0.717) is 12.8 Å². The third-order valence-corrected chi connectivity index (χ3v) is 2.24. The van der Waals surface area contributed by atoms with Crippen molar-refractivity contribution in [1.29, 1.82) is 5.26 Å². The molecule has 0 aromatic carbocycles. The first-order valence-electron chi connectivity index (χ1n) is 4.99. The number of nitriles is 1. The SMILES string of the molecule is CC(C)(C)ON1CCC(N)(C#N)CC1. The van der Waals surface area contributed by atoms with Gasteiger partial charge in [0.1, 0.15) is 5.54 Å². The molecule has 0 atom stereocenters. The lowest BCUT2D eigenvalue weighted by Gasteiger charge is -2.37. The number of piperidine rings is 1. The van der Waals surface area contributed by atoms with E-state index in [9.17, 15) is 0 Å². The molecule has 14 heavy (non-hydrogen) atoms. The zero-order valence-corrected chi connectivity index (χ0v) is 9.21. The maximum atomic E-state index is 8.83. The Hall–Kier alpha value is -0.630. The summed E-state index contributed by atoms with van der Waals surface area (Å²) in [6, 6.07) is 2.16. The molecule has 2 N–H and O–H groups in total. The zero-order valence-electron chi connectivity index (χ0n) is 9.21. The Morgan fingerprint density at radius 3 is 2.21 bits per heavy atom. The van der Waals surface area contributed by atoms with Gasteiger partial charge in [-0.1, -0.05) is 0 Å². The molecule has 0 bridgehead atoms. The first-order chi connectivity index (χ1) is 6.35. The smallest absolute Gasteiger partial charge is 0.106 e. The fourth-order valence-corrected chi connectivity index (χ4v) is 1.48. The van der Waals surface area contributed by atoms with Crippen molar-refractivity contribution in [3.8, 4) is 6.07 Å². The molecular weight excluding hydrogens is 178 g/mol. The van der Waals surface area contributed by atoms with Crippen molar-refractivity contribution >= 4 is 0 Å². The first kappa shape index (κ1) is 11.4.